The highest BCUT2D eigenvalue weighted by molar-refractivity contribution is 8.56. The number of guanidine groups is 1. The predicted molar refractivity (Wildman–Crippen MR) is 131 cm³/mol. The molecule has 0 amide bonds. The van der Waals surface area contributed by atoms with Gasteiger partial charge in [0.05, 0.1) is 17.2 Å². The van der Waals surface area contributed by atoms with Gasteiger partial charge in [-0.3, -0.25) is 19.3 Å². The van der Waals surface area contributed by atoms with Gasteiger partial charge in [0.1, 0.15) is 0 Å². The molecule has 0 heterocycles. The summed E-state index contributed by atoms with van der Waals surface area (Å²) in [7, 11) is 3.72. The number of non-ortho nitro benzene ring substituents is 1. The van der Waals surface area contributed by atoms with E-state index in [4.69, 9.17) is 9.52 Å². The molecule has 1 aromatic rings. The van der Waals surface area contributed by atoms with E-state index in [1.54, 1.807) is 12.1 Å². The highest BCUT2D eigenvalue weighted by Gasteiger charge is 2.35. The number of nitrogens with zero attached hydrogens (tertiary/aromatic N) is 4. The second-order valence-corrected chi connectivity index (χ2v) is 11.9. The van der Waals surface area contributed by atoms with E-state index in [-0.39, 0.29) is 5.69 Å². The van der Waals surface area contributed by atoms with E-state index in [0.717, 1.165) is 44.3 Å². The Labute approximate surface area is 190 Å². The van der Waals surface area contributed by atoms with Crippen molar-refractivity contribution in [1.82, 2.24) is 9.57 Å². The van der Waals surface area contributed by atoms with E-state index >= 15 is 0 Å². The topological polar surface area (TPSA) is 88.3 Å². The maximum atomic E-state index is 14.0. The molecule has 1 unspecified atom stereocenters. The SMILES string of the molecule is CCCCCCN(C(=Nc1ccc([N+](=O)[O-])cc1)N(C)C)P(=O)(OCCC)SCCC. The standard InChI is InChI=1S/C21H37N4O4PS/c1-6-9-10-11-16-24(30(28,29-17-7-2)31-18-8-3)21(23(4)5)22-19-12-14-20(15-13-19)25(26)27/h12-15H,6-11,16-18H2,1-5H3. The summed E-state index contributed by atoms with van der Waals surface area (Å²) < 4.78 is 21.8. The third-order valence-electron chi connectivity index (χ3n) is 4.36. The molecule has 1 rings (SSSR count). The highest BCUT2D eigenvalue weighted by Crippen LogP contribution is 2.63. The largest absolute Gasteiger partial charge is 0.355 e. The van der Waals surface area contributed by atoms with E-state index in [1.165, 1.54) is 23.5 Å². The molecular formula is C21H37N4O4PS. The van der Waals surface area contributed by atoms with Crippen LogP contribution in [0.15, 0.2) is 29.3 Å². The van der Waals surface area contributed by atoms with Crippen LogP contribution in [0.25, 0.3) is 0 Å². The Bertz CT molecular complexity index is 731. The van der Waals surface area contributed by atoms with Crippen LogP contribution in [0.4, 0.5) is 11.4 Å². The van der Waals surface area contributed by atoms with Crippen molar-refractivity contribution in [2.75, 3.05) is 33.0 Å². The minimum Gasteiger partial charge on any atom is -0.348 e. The fourth-order valence-corrected chi connectivity index (χ4v) is 7.34. The van der Waals surface area contributed by atoms with Crippen molar-refractivity contribution < 1.29 is 14.0 Å². The molecule has 0 aromatic heterocycles. The van der Waals surface area contributed by atoms with Gasteiger partial charge in [-0.1, -0.05) is 40.0 Å². The number of aliphatic imine (C=N–C) groups is 1. The lowest BCUT2D eigenvalue weighted by Gasteiger charge is -2.35. The molecule has 0 fully saturated rings. The van der Waals surface area contributed by atoms with Gasteiger partial charge in [-0.2, -0.15) is 0 Å². The van der Waals surface area contributed by atoms with Crippen LogP contribution in [0, 0.1) is 10.1 Å². The van der Waals surface area contributed by atoms with E-state index in [0.29, 0.717) is 24.8 Å². The van der Waals surface area contributed by atoms with Crippen LogP contribution in [0.1, 0.15) is 59.3 Å². The molecule has 0 aliphatic rings. The number of nitro groups is 1. The molecule has 8 nitrogen and oxygen atoms in total. The number of benzene rings is 1. The predicted octanol–water partition coefficient (Wildman–Crippen LogP) is 6.70. The third kappa shape index (κ3) is 9.21. The lowest BCUT2D eigenvalue weighted by molar-refractivity contribution is -0.384. The first-order valence-corrected chi connectivity index (χ1v) is 14.1. The summed E-state index contributed by atoms with van der Waals surface area (Å²) >= 11 is 1.36. The quantitative estimate of drug-likeness (QED) is 0.0743. The molecule has 31 heavy (non-hydrogen) atoms. The Kier molecular flexibility index (Phi) is 12.8. The molecule has 0 radical (unpaired) electrons. The van der Waals surface area contributed by atoms with Crippen LogP contribution in [0.5, 0.6) is 0 Å². The maximum Gasteiger partial charge on any atom is 0.355 e. The number of unbranched alkanes of at least 4 members (excludes halogenated alkanes) is 3. The normalized spacial score (nSPS) is 13.6. The zero-order chi connectivity index (χ0) is 23.3. The molecule has 1 atom stereocenters. The second kappa shape index (κ2) is 14.5. The van der Waals surface area contributed by atoms with Gasteiger partial charge in [0, 0.05) is 38.5 Å². The van der Waals surface area contributed by atoms with Gasteiger partial charge in [0.2, 0.25) is 5.96 Å². The first kappa shape index (κ1) is 27.5. The van der Waals surface area contributed by atoms with Crippen molar-refractivity contribution in [3.8, 4) is 0 Å². The average molecular weight is 473 g/mol. The fraction of sp³-hybridized carbons (Fsp3) is 0.667. The zero-order valence-electron chi connectivity index (χ0n) is 19.5. The molecule has 176 valence electrons. The number of hydrogen-bond donors (Lipinski definition) is 0. The van der Waals surface area contributed by atoms with Gasteiger partial charge >= 0.3 is 6.72 Å². The molecule has 0 aliphatic carbocycles. The van der Waals surface area contributed by atoms with Crippen LogP contribution in [0.2, 0.25) is 0 Å². The van der Waals surface area contributed by atoms with Gasteiger partial charge in [-0.15, -0.1) is 0 Å². The molecule has 0 spiro atoms. The lowest BCUT2D eigenvalue weighted by atomic mass is 10.2. The van der Waals surface area contributed by atoms with Crippen molar-refractivity contribution in [3.63, 3.8) is 0 Å². The molecule has 0 N–H and O–H groups in total. The van der Waals surface area contributed by atoms with Crippen molar-refractivity contribution in [1.29, 1.82) is 0 Å². The Morgan fingerprint density at radius 2 is 1.77 bits per heavy atom. The molecular weight excluding hydrogens is 435 g/mol. The smallest absolute Gasteiger partial charge is 0.348 e. The third-order valence-corrected chi connectivity index (χ3v) is 9.19. The minimum absolute atomic E-state index is 0.0113. The lowest BCUT2D eigenvalue weighted by Crippen LogP contribution is -2.39. The Morgan fingerprint density at radius 1 is 1.10 bits per heavy atom. The Hall–Kier alpha value is -1.57. The summed E-state index contributed by atoms with van der Waals surface area (Å²) in [6, 6.07) is 6.06. The van der Waals surface area contributed by atoms with Gasteiger partial charge in [0.25, 0.3) is 5.69 Å². The first-order valence-electron chi connectivity index (χ1n) is 11.0. The van der Waals surface area contributed by atoms with Gasteiger partial charge in [-0.25, -0.2) is 4.99 Å². The van der Waals surface area contributed by atoms with Crippen LogP contribution in [-0.4, -0.2) is 53.5 Å². The second-order valence-electron chi connectivity index (χ2n) is 7.40. The summed E-state index contributed by atoms with van der Waals surface area (Å²) in [5.41, 5.74) is 0.576. The Balaban J connectivity index is 3.36. The average Bonchev–Trinajstić information content (AvgIpc) is 2.75. The van der Waals surface area contributed by atoms with Crippen molar-refractivity contribution >= 4 is 35.4 Å². The fourth-order valence-electron chi connectivity index (χ4n) is 2.76. The molecule has 0 bridgehead atoms. The van der Waals surface area contributed by atoms with Crippen LogP contribution in [-0.2, 0) is 9.09 Å². The maximum absolute atomic E-state index is 14.0. The molecule has 0 aliphatic heterocycles. The van der Waals surface area contributed by atoms with E-state index in [1.807, 2.05) is 30.6 Å². The van der Waals surface area contributed by atoms with Crippen LogP contribution >= 0.6 is 18.1 Å². The molecule has 10 heteroatoms. The van der Waals surface area contributed by atoms with Crippen molar-refractivity contribution in [2.24, 2.45) is 4.99 Å². The zero-order valence-corrected chi connectivity index (χ0v) is 21.2. The molecule has 0 saturated heterocycles. The van der Waals surface area contributed by atoms with E-state index in [2.05, 4.69) is 13.8 Å². The van der Waals surface area contributed by atoms with Crippen LogP contribution < -0.4 is 0 Å². The monoisotopic (exact) mass is 472 g/mol. The molecule has 1 aromatic carbocycles. The number of hydrogen-bond acceptors (Lipinski definition) is 6. The van der Waals surface area contributed by atoms with Gasteiger partial charge < -0.3 is 9.42 Å². The van der Waals surface area contributed by atoms with E-state index < -0.39 is 11.6 Å². The van der Waals surface area contributed by atoms with Crippen molar-refractivity contribution in [3.05, 3.63) is 34.4 Å². The molecule has 0 saturated carbocycles. The summed E-state index contributed by atoms with van der Waals surface area (Å²) in [4.78, 5) is 17.1. The van der Waals surface area contributed by atoms with Crippen LogP contribution in [0.3, 0.4) is 0 Å². The minimum atomic E-state index is -3.21. The van der Waals surface area contributed by atoms with Gasteiger partial charge in [0.15, 0.2) is 0 Å². The number of rotatable bonds is 14. The highest BCUT2D eigenvalue weighted by atomic mass is 32.7. The van der Waals surface area contributed by atoms with E-state index in [9.17, 15) is 14.7 Å². The van der Waals surface area contributed by atoms with Crippen molar-refractivity contribution in [2.45, 2.75) is 59.3 Å². The summed E-state index contributed by atoms with van der Waals surface area (Å²) in [5.74, 6) is 1.26. The summed E-state index contributed by atoms with van der Waals surface area (Å²) in [6.45, 7) is 3.98. The summed E-state index contributed by atoms with van der Waals surface area (Å²) in [5, 5.41) is 11.0. The first-order chi connectivity index (χ1) is 14.8. The Morgan fingerprint density at radius 3 is 2.29 bits per heavy atom. The summed E-state index contributed by atoms with van der Waals surface area (Å²) in [6.07, 6.45) is 5.82. The van der Waals surface area contributed by atoms with Gasteiger partial charge in [-0.05, 0) is 42.8 Å². The number of nitro benzene ring substituents is 1.